The summed E-state index contributed by atoms with van der Waals surface area (Å²) in [6.45, 7) is 3.82. The van der Waals surface area contributed by atoms with Crippen molar-refractivity contribution in [2.24, 2.45) is 5.92 Å². The van der Waals surface area contributed by atoms with Crippen LogP contribution in [0.1, 0.15) is 88.7 Å². The van der Waals surface area contributed by atoms with Crippen LogP contribution in [-0.2, 0) is 9.47 Å². The summed E-state index contributed by atoms with van der Waals surface area (Å²) in [6.07, 6.45) is -2.63. The van der Waals surface area contributed by atoms with E-state index in [-0.39, 0.29) is 36.5 Å². The third-order valence-corrected chi connectivity index (χ3v) is 6.58. The predicted octanol–water partition coefficient (Wildman–Crippen LogP) is 7.39. The topological polar surface area (TPSA) is 27.7 Å². The van der Waals surface area contributed by atoms with Gasteiger partial charge in [-0.15, -0.1) is 0 Å². The molecule has 2 unspecified atom stereocenters. The number of ether oxygens (including phenoxy) is 3. The van der Waals surface area contributed by atoms with Gasteiger partial charge in [-0.25, -0.2) is 13.2 Å². The Kier molecular flexibility index (Phi) is 8.78. The van der Waals surface area contributed by atoms with Gasteiger partial charge in [0.15, 0.2) is 0 Å². The fourth-order valence-electron chi connectivity index (χ4n) is 4.82. The van der Waals surface area contributed by atoms with Crippen molar-refractivity contribution >= 4 is 0 Å². The zero-order valence-electron chi connectivity index (χ0n) is 18.7. The second-order valence-corrected chi connectivity index (χ2v) is 8.79. The van der Waals surface area contributed by atoms with Crippen LogP contribution < -0.4 is 4.74 Å². The van der Waals surface area contributed by atoms with Crippen molar-refractivity contribution in [2.75, 3.05) is 13.2 Å². The van der Waals surface area contributed by atoms with Gasteiger partial charge in [-0.3, -0.25) is 0 Å². The van der Waals surface area contributed by atoms with Gasteiger partial charge in [0.1, 0.15) is 11.6 Å². The number of halogens is 5. The minimum absolute atomic E-state index is 0.0131. The van der Waals surface area contributed by atoms with Gasteiger partial charge in [0, 0.05) is 0 Å². The Balaban J connectivity index is 1.58. The average molecular weight is 465 g/mol. The smallest absolute Gasteiger partial charge is 0.361 e. The number of hydrogen-bond donors (Lipinski definition) is 0. The van der Waals surface area contributed by atoms with Crippen LogP contribution in [0.5, 0.6) is 5.75 Å². The van der Waals surface area contributed by atoms with Crippen LogP contribution in [0, 0.1) is 11.7 Å². The Morgan fingerprint density at radius 2 is 1.78 bits per heavy atom. The van der Waals surface area contributed by atoms with Crippen LogP contribution in [0.3, 0.4) is 0 Å². The molecular formula is C24H33F5O3. The van der Waals surface area contributed by atoms with Gasteiger partial charge in [0.05, 0.1) is 36.9 Å². The van der Waals surface area contributed by atoms with E-state index in [9.17, 15) is 22.0 Å². The molecule has 0 spiro atoms. The molecule has 1 aliphatic heterocycles. The first kappa shape index (κ1) is 25.2. The van der Waals surface area contributed by atoms with Crippen LogP contribution in [0.2, 0.25) is 0 Å². The maximum atomic E-state index is 14.9. The summed E-state index contributed by atoms with van der Waals surface area (Å²) in [5.74, 6) is -2.40. The monoisotopic (exact) mass is 464 g/mol. The maximum Gasteiger partial charge on any atom is 0.361 e. The number of benzene rings is 1. The predicted molar refractivity (Wildman–Crippen MR) is 111 cm³/mol. The lowest BCUT2D eigenvalue weighted by Crippen LogP contribution is -2.42. The van der Waals surface area contributed by atoms with Crippen LogP contribution >= 0.6 is 0 Å². The van der Waals surface area contributed by atoms with Gasteiger partial charge >= 0.3 is 6.11 Å². The maximum absolute atomic E-state index is 14.9. The van der Waals surface area contributed by atoms with E-state index < -0.39 is 35.9 Å². The summed E-state index contributed by atoms with van der Waals surface area (Å²) in [5, 5.41) is 0. The highest BCUT2D eigenvalue weighted by Gasteiger charge is 2.45. The first-order chi connectivity index (χ1) is 15.3. The molecule has 1 saturated carbocycles. The molecule has 32 heavy (non-hydrogen) atoms. The summed E-state index contributed by atoms with van der Waals surface area (Å²) in [6, 6.07) is 2.84. The van der Waals surface area contributed by atoms with Crippen LogP contribution in [-0.4, -0.2) is 31.5 Å². The molecule has 2 aliphatic rings. The minimum atomic E-state index is -3.28. The highest BCUT2D eigenvalue weighted by atomic mass is 19.3. The molecule has 182 valence electrons. The second kappa shape index (κ2) is 11.1. The number of hydrogen-bond acceptors (Lipinski definition) is 3. The SMILES string of the molecule is CCCC1CCC(C(F)(F)OC2CCC(c3ccc(OCC)c(C(F)F)c3F)CC2)CO1. The molecule has 0 bridgehead atoms. The molecule has 2 fully saturated rings. The molecule has 0 radical (unpaired) electrons. The van der Waals surface area contributed by atoms with E-state index >= 15 is 0 Å². The first-order valence-electron chi connectivity index (χ1n) is 11.7. The summed E-state index contributed by atoms with van der Waals surface area (Å²) in [5.41, 5.74) is -0.537. The standard InChI is InChI=1S/C24H33F5O3/c1-3-5-17-11-8-16(14-31-17)24(28,29)32-18-9-6-15(7-10-18)19-12-13-20(30-4-2)21(22(19)25)23(26)27/h12-13,15-18,23H,3-11,14H2,1-2H3. The lowest BCUT2D eigenvalue weighted by molar-refractivity contribution is -0.310. The summed E-state index contributed by atoms with van der Waals surface area (Å²) in [7, 11) is 0. The van der Waals surface area contributed by atoms with E-state index in [2.05, 4.69) is 0 Å². The summed E-state index contributed by atoms with van der Waals surface area (Å²) >= 11 is 0. The van der Waals surface area contributed by atoms with Gasteiger partial charge in [-0.1, -0.05) is 19.4 Å². The van der Waals surface area contributed by atoms with E-state index in [1.165, 1.54) is 12.1 Å². The van der Waals surface area contributed by atoms with Crippen molar-refractivity contribution in [3.8, 4) is 5.75 Å². The van der Waals surface area contributed by atoms with Gasteiger partial charge in [-0.05, 0) is 69.4 Å². The van der Waals surface area contributed by atoms with Gasteiger partial charge in [0.2, 0.25) is 0 Å². The van der Waals surface area contributed by atoms with Crippen molar-refractivity contribution in [1.82, 2.24) is 0 Å². The van der Waals surface area contributed by atoms with Crippen LogP contribution in [0.25, 0.3) is 0 Å². The van der Waals surface area contributed by atoms with E-state index in [0.29, 0.717) is 38.5 Å². The fourth-order valence-corrected chi connectivity index (χ4v) is 4.82. The Labute approximate surface area is 186 Å². The fraction of sp³-hybridized carbons (Fsp3) is 0.750. The molecule has 3 rings (SSSR count). The minimum Gasteiger partial charge on any atom is -0.493 e. The van der Waals surface area contributed by atoms with Gasteiger partial charge in [0.25, 0.3) is 6.43 Å². The van der Waals surface area contributed by atoms with Gasteiger partial charge < -0.3 is 14.2 Å². The van der Waals surface area contributed by atoms with Crippen molar-refractivity contribution in [3.63, 3.8) is 0 Å². The first-order valence-corrected chi connectivity index (χ1v) is 11.7. The quantitative estimate of drug-likeness (QED) is 0.357. The highest BCUT2D eigenvalue weighted by molar-refractivity contribution is 5.41. The Morgan fingerprint density at radius 3 is 2.34 bits per heavy atom. The Morgan fingerprint density at radius 1 is 1.06 bits per heavy atom. The van der Waals surface area contributed by atoms with Crippen molar-refractivity contribution in [1.29, 1.82) is 0 Å². The van der Waals surface area contributed by atoms with E-state index in [0.717, 1.165) is 12.8 Å². The van der Waals surface area contributed by atoms with E-state index in [4.69, 9.17) is 14.2 Å². The average Bonchev–Trinajstić information content (AvgIpc) is 2.75. The third kappa shape index (κ3) is 5.93. The lowest BCUT2D eigenvalue weighted by Gasteiger charge is -2.37. The highest BCUT2D eigenvalue weighted by Crippen LogP contribution is 2.43. The van der Waals surface area contributed by atoms with Crippen molar-refractivity contribution in [3.05, 3.63) is 29.1 Å². The largest absolute Gasteiger partial charge is 0.493 e. The Bertz CT molecular complexity index is 727. The van der Waals surface area contributed by atoms with Crippen molar-refractivity contribution in [2.45, 2.75) is 95.9 Å². The number of rotatable bonds is 9. The molecule has 1 saturated heterocycles. The molecule has 0 aromatic heterocycles. The molecule has 0 amide bonds. The zero-order valence-corrected chi connectivity index (χ0v) is 18.7. The number of alkyl halides is 4. The molecule has 1 heterocycles. The molecule has 8 heteroatoms. The normalized spacial score (nSPS) is 27.0. The second-order valence-electron chi connectivity index (χ2n) is 8.79. The Hall–Kier alpha value is -1.41. The summed E-state index contributed by atoms with van der Waals surface area (Å²) < 4.78 is 87.0. The third-order valence-electron chi connectivity index (χ3n) is 6.58. The molecule has 3 nitrogen and oxygen atoms in total. The molecule has 1 aromatic carbocycles. The molecule has 2 atom stereocenters. The molecule has 0 N–H and O–H groups in total. The van der Waals surface area contributed by atoms with Gasteiger partial charge in [-0.2, -0.15) is 8.78 Å². The summed E-state index contributed by atoms with van der Waals surface area (Å²) in [4.78, 5) is 0. The van der Waals surface area contributed by atoms with Crippen LogP contribution in [0.15, 0.2) is 12.1 Å². The molecule has 1 aromatic rings. The van der Waals surface area contributed by atoms with E-state index in [1.807, 2.05) is 6.92 Å². The zero-order chi connectivity index (χ0) is 23.3. The lowest BCUT2D eigenvalue weighted by atomic mass is 9.81. The van der Waals surface area contributed by atoms with E-state index in [1.54, 1.807) is 6.92 Å². The molecule has 1 aliphatic carbocycles. The molecular weight excluding hydrogens is 431 g/mol. The van der Waals surface area contributed by atoms with Crippen molar-refractivity contribution < 1.29 is 36.2 Å². The van der Waals surface area contributed by atoms with Crippen LogP contribution in [0.4, 0.5) is 22.0 Å².